The number of piperidine rings is 1. The van der Waals surface area contributed by atoms with E-state index in [1.165, 1.54) is 19.3 Å². The number of nitrogens with one attached hydrogen (secondary N) is 2. The monoisotopic (exact) mass is 375 g/mol. The summed E-state index contributed by atoms with van der Waals surface area (Å²) in [6.07, 6.45) is 7.99. The second kappa shape index (κ2) is 10.6. The van der Waals surface area contributed by atoms with Crippen molar-refractivity contribution in [3.05, 3.63) is 23.4 Å². The fourth-order valence-corrected chi connectivity index (χ4v) is 3.67. The van der Waals surface area contributed by atoms with Crippen LogP contribution in [0.3, 0.4) is 0 Å². The highest BCUT2D eigenvalue weighted by Gasteiger charge is 2.25. The zero-order chi connectivity index (χ0) is 19.8. The predicted molar refractivity (Wildman–Crippen MR) is 112 cm³/mol. The van der Waals surface area contributed by atoms with Crippen LogP contribution in [0.15, 0.2) is 12.3 Å². The summed E-state index contributed by atoms with van der Waals surface area (Å²) in [5.41, 5.74) is 7.52. The first-order valence-electron chi connectivity index (χ1n) is 10.5. The standard InChI is InChI=1S/C21H37N5O/c1-5-8-16(6-2)24-17-9-11-26(12-10-17)20-18(13-15(4)14-23-20)21(27)25-19(22)7-3/h13-14,16-17,19,24H,5-12,22H2,1-4H3,(H,25,27). The van der Waals surface area contributed by atoms with Crippen molar-refractivity contribution in [1.82, 2.24) is 15.6 Å². The Kier molecular flexibility index (Phi) is 8.51. The lowest BCUT2D eigenvalue weighted by molar-refractivity contribution is 0.0937. The van der Waals surface area contributed by atoms with Crippen molar-refractivity contribution in [2.75, 3.05) is 18.0 Å². The highest BCUT2D eigenvalue weighted by molar-refractivity contribution is 5.99. The number of carbonyl (C=O) groups excluding carboxylic acids is 1. The Morgan fingerprint density at radius 2 is 2.00 bits per heavy atom. The van der Waals surface area contributed by atoms with E-state index in [4.69, 9.17) is 5.73 Å². The van der Waals surface area contributed by atoms with Gasteiger partial charge in [0.2, 0.25) is 0 Å². The molecule has 0 radical (unpaired) electrons. The maximum atomic E-state index is 12.7. The lowest BCUT2D eigenvalue weighted by atomic mass is 10.0. The lowest BCUT2D eigenvalue weighted by Crippen LogP contribution is -2.47. The fourth-order valence-electron chi connectivity index (χ4n) is 3.67. The molecule has 0 saturated carbocycles. The number of aryl methyl sites for hydroxylation is 1. The van der Waals surface area contributed by atoms with E-state index in [9.17, 15) is 4.79 Å². The summed E-state index contributed by atoms with van der Waals surface area (Å²) in [5, 5.41) is 6.68. The average Bonchev–Trinajstić information content (AvgIpc) is 2.68. The molecule has 4 N–H and O–H groups in total. The van der Waals surface area contributed by atoms with Gasteiger partial charge in [-0.15, -0.1) is 0 Å². The van der Waals surface area contributed by atoms with E-state index in [-0.39, 0.29) is 12.1 Å². The number of anilines is 1. The van der Waals surface area contributed by atoms with Gasteiger partial charge in [-0.3, -0.25) is 4.79 Å². The minimum absolute atomic E-state index is 0.134. The molecule has 1 amide bonds. The highest BCUT2D eigenvalue weighted by Crippen LogP contribution is 2.23. The van der Waals surface area contributed by atoms with Crippen LogP contribution in [0.5, 0.6) is 0 Å². The number of pyridine rings is 1. The molecule has 2 atom stereocenters. The number of nitrogens with zero attached hydrogens (tertiary/aromatic N) is 2. The molecule has 0 aromatic carbocycles. The number of carbonyl (C=O) groups is 1. The molecule has 0 bridgehead atoms. The molecule has 0 aliphatic carbocycles. The molecule has 0 spiro atoms. The predicted octanol–water partition coefficient (Wildman–Crippen LogP) is 2.95. The molecule has 6 nitrogen and oxygen atoms in total. The van der Waals surface area contributed by atoms with Gasteiger partial charge in [-0.2, -0.15) is 0 Å². The third-order valence-electron chi connectivity index (χ3n) is 5.40. The van der Waals surface area contributed by atoms with Crippen molar-refractivity contribution in [3.8, 4) is 0 Å². The van der Waals surface area contributed by atoms with Crippen molar-refractivity contribution in [2.24, 2.45) is 5.73 Å². The normalized spacial score (nSPS) is 17.6. The molecule has 1 aromatic heterocycles. The van der Waals surface area contributed by atoms with E-state index in [0.717, 1.165) is 37.3 Å². The third kappa shape index (κ3) is 6.18. The topological polar surface area (TPSA) is 83.3 Å². The summed E-state index contributed by atoms with van der Waals surface area (Å²) in [4.78, 5) is 19.5. The van der Waals surface area contributed by atoms with Crippen LogP contribution >= 0.6 is 0 Å². The molecule has 27 heavy (non-hydrogen) atoms. The Morgan fingerprint density at radius 1 is 1.30 bits per heavy atom. The summed E-state index contributed by atoms with van der Waals surface area (Å²) >= 11 is 0. The summed E-state index contributed by atoms with van der Waals surface area (Å²) in [7, 11) is 0. The number of rotatable bonds is 9. The molecule has 6 heteroatoms. The molecule has 1 aliphatic rings. The van der Waals surface area contributed by atoms with Crippen LogP contribution < -0.4 is 21.3 Å². The third-order valence-corrected chi connectivity index (χ3v) is 5.40. The molecule has 1 aromatic rings. The van der Waals surface area contributed by atoms with E-state index in [0.29, 0.717) is 24.1 Å². The highest BCUT2D eigenvalue weighted by atomic mass is 16.1. The van der Waals surface area contributed by atoms with E-state index < -0.39 is 0 Å². The molecular weight excluding hydrogens is 338 g/mol. The van der Waals surface area contributed by atoms with Gasteiger partial charge in [-0.05, 0) is 50.7 Å². The van der Waals surface area contributed by atoms with E-state index >= 15 is 0 Å². The molecule has 1 saturated heterocycles. The Morgan fingerprint density at radius 3 is 2.59 bits per heavy atom. The average molecular weight is 376 g/mol. The molecule has 2 unspecified atom stereocenters. The number of hydrogen-bond donors (Lipinski definition) is 3. The number of nitrogens with two attached hydrogens (primary N) is 1. The first kappa shape index (κ1) is 21.6. The van der Waals surface area contributed by atoms with Crippen LogP contribution in [0.4, 0.5) is 5.82 Å². The van der Waals surface area contributed by atoms with Gasteiger partial charge in [-0.25, -0.2) is 4.98 Å². The van der Waals surface area contributed by atoms with Gasteiger partial charge in [0.25, 0.3) is 5.91 Å². The number of aromatic nitrogens is 1. The zero-order valence-corrected chi connectivity index (χ0v) is 17.4. The number of amides is 1. The van der Waals surface area contributed by atoms with Crippen LogP contribution in [0, 0.1) is 6.92 Å². The van der Waals surface area contributed by atoms with Crippen molar-refractivity contribution in [3.63, 3.8) is 0 Å². The van der Waals surface area contributed by atoms with Gasteiger partial charge < -0.3 is 21.3 Å². The SMILES string of the molecule is CCCC(CC)NC1CCN(c2ncc(C)cc2C(=O)NC(N)CC)CC1. The summed E-state index contributed by atoms with van der Waals surface area (Å²) in [6, 6.07) is 3.08. The molecular formula is C21H37N5O. The molecule has 2 rings (SSSR count). The molecule has 1 aliphatic heterocycles. The van der Waals surface area contributed by atoms with E-state index in [1.807, 2.05) is 26.1 Å². The largest absolute Gasteiger partial charge is 0.356 e. The van der Waals surface area contributed by atoms with Crippen molar-refractivity contribution in [2.45, 2.75) is 84.5 Å². The first-order valence-corrected chi connectivity index (χ1v) is 10.5. The summed E-state index contributed by atoms with van der Waals surface area (Å²) in [5.74, 6) is 0.644. The fraction of sp³-hybridized carbons (Fsp3) is 0.714. The first-order chi connectivity index (χ1) is 13.0. The molecule has 2 heterocycles. The Hall–Kier alpha value is -1.66. The Balaban J connectivity index is 2.04. The maximum absolute atomic E-state index is 12.7. The van der Waals surface area contributed by atoms with Gasteiger partial charge in [0.05, 0.1) is 11.7 Å². The van der Waals surface area contributed by atoms with Gasteiger partial charge in [0.1, 0.15) is 5.82 Å². The Bertz CT molecular complexity index is 598. The smallest absolute Gasteiger partial charge is 0.256 e. The van der Waals surface area contributed by atoms with Crippen LogP contribution in [0.1, 0.15) is 75.2 Å². The summed E-state index contributed by atoms with van der Waals surface area (Å²) < 4.78 is 0. The summed E-state index contributed by atoms with van der Waals surface area (Å²) in [6.45, 7) is 10.2. The second-order valence-corrected chi connectivity index (χ2v) is 7.69. The second-order valence-electron chi connectivity index (χ2n) is 7.69. The minimum Gasteiger partial charge on any atom is -0.356 e. The zero-order valence-electron chi connectivity index (χ0n) is 17.4. The van der Waals surface area contributed by atoms with Crippen LogP contribution in [-0.4, -0.2) is 42.2 Å². The maximum Gasteiger partial charge on any atom is 0.256 e. The van der Waals surface area contributed by atoms with Crippen molar-refractivity contribution in [1.29, 1.82) is 0 Å². The van der Waals surface area contributed by atoms with Crippen molar-refractivity contribution < 1.29 is 4.79 Å². The van der Waals surface area contributed by atoms with Gasteiger partial charge >= 0.3 is 0 Å². The molecule has 152 valence electrons. The lowest BCUT2D eigenvalue weighted by Gasteiger charge is -2.36. The van der Waals surface area contributed by atoms with Crippen LogP contribution in [0.25, 0.3) is 0 Å². The van der Waals surface area contributed by atoms with Gasteiger partial charge in [0, 0.05) is 31.4 Å². The van der Waals surface area contributed by atoms with Crippen molar-refractivity contribution >= 4 is 11.7 Å². The van der Waals surface area contributed by atoms with E-state index in [2.05, 4.69) is 34.4 Å². The van der Waals surface area contributed by atoms with E-state index in [1.54, 1.807) is 0 Å². The Labute approximate surface area is 164 Å². The number of hydrogen-bond acceptors (Lipinski definition) is 5. The van der Waals surface area contributed by atoms with Gasteiger partial charge in [0.15, 0.2) is 0 Å². The van der Waals surface area contributed by atoms with Crippen LogP contribution in [0.2, 0.25) is 0 Å². The quantitative estimate of drug-likeness (QED) is 0.578. The molecule has 1 fully saturated rings. The van der Waals surface area contributed by atoms with Crippen LogP contribution in [-0.2, 0) is 0 Å². The minimum atomic E-state index is -0.328. The van der Waals surface area contributed by atoms with Gasteiger partial charge in [-0.1, -0.05) is 27.2 Å².